The zero-order chi connectivity index (χ0) is 18.3. The molecular weight excluding hydrogens is 334 g/mol. The number of rotatable bonds is 3. The molecule has 0 saturated heterocycles. The summed E-state index contributed by atoms with van der Waals surface area (Å²) in [5.41, 5.74) is 9.21. The maximum absolute atomic E-state index is 12.6. The van der Waals surface area contributed by atoms with Gasteiger partial charge in [0, 0.05) is 18.0 Å². The maximum atomic E-state index is 12.6. The summed E-state index contributed by atoms with van der Waals surface area (Å²) in [7, 11) is 0. The van der Waals surface area contributed by atoms with Crippen LogP contribution in [0, 0.1) is 13.8 Å². The van der Waals surface area contributed by atoms with Crippen LogP contribution in [0.25, 0.3) is 16.9 Å². The summed E-state index contributed by atoms with van der Waals surface area (Å²) in [5, 5.41) is 11.2. The Hall–Kier alpha value is -3.75. The lowest BCUT2D eigenvalue weighted by molar-refractivity contribution is 0.102. The van der Waals surface area contributed by atoms with Crippen molar-refractivity contribution in [1.82, 2.24) is 24.7 Å². The topological polar surface area (TPSA) is 124 Å². The summed E-state index contributed by atoms with van der Waals surface area (Å²) in [6.07, 6.45) is 2.99. The molecule has 0 aliphatic heterocycles. The molecule has 0 atom stereocenters. The third kappa shape index (κ3) is 2.65. The van der Waals surface area contributed by atoms with Gasteiger partial charge in [0.1, 0.15) is 11.6 Å². The van der Waals surface area contributed by atoms with Crippen molar-refractivity contribution in [1.29, 1.82) is 0 Å². The molecule has 0 spiro atoms. The van der Waals surface area contributed by atoms with E-state index in [1.54, 1.807) is 18.2 Å². The average Bonchev–Trinajstić information content (AvgIpc) is 3.17. The van der Waals surface area contributed by atoms with Gasteiger partial charge in [-0.25, -0.2) is 14.5 Å². The quantitative estimate of drug-likeness (QED) is 0.581. The van der Waals surface area contributed by atoms with Crippen molar-refractivity contribution < 1.29 is 9.32 Å². The van der Waals surface area contributed by atoms with Crippen molar-refractivity contribution in [3.8, 4) is 11.3 Å². The van der Waals surface area contributed by atoms with E-state index in [0.29, 0.717) is 34.3 Å². The number of carbonyl (C=O) groups excluding carboxylic acids is 1. The van der Waals surface area contributed by atoms with Crippen molar-refractivity contribution in [2.75, 3.05) is 11.1 Å². The first-order chi connectivity index (χ1) is 12.5. The Balaban J connectivity index is 1.74. The molecule has 0 saturated carbocycles. The van der Waals surface area contributed by atoms with Gasteiger partial charge in [0.05, 0.1) is 23.1 Å². The molecular formula is C17H15N7O2. The van der Waals surface area contributed by atoms with Gasteiger partial charge < -0.3 is 15.6 Å². The van der Waals surface area contributed by atoms with E-state index in [0.717, 1.165) is 11.3 Å². The minimum absolute atomic E-state index is 0.295. The van der Waals surface area contributed by atoms with Gasteiger partial charge in [-0.1, -0.05) is 5.16 Å². The largest absolute Gasteiger partial charge is 0.384 e. The van der Waals surface area contributed by atoms with E-state index < -0.39 is 0 Å². The van der Waals surface area contributed by atoms with Crippen molar-refractivity contribution in [2.24, 2.45) is 0 Å². The first-order valence-electron chi connectivity index (χ1n) is 7.84. The van der Waals surface area contributed by atoms with Gasteiger partial charge in [0.25, 0.3) is 5.91 Å². The smallest absolute Gasteiger partial charge is 0.276 e. The molecule has 0 unspecified atom stereocenters. The summed E-state index contributed by atoms with van der Waals surface area (Å²) < 4.78 is 6.69. The number of aryl methyl sites for hydroxylation is 2. The predicted molar refractivity (Wildman–Crippen MR) is 94.6 cm³/mol. The van der Waals surface area contributed by atoms with E-state index >= 15 is 0 Å². The number of carbonyl (C=O) groups is 1. The first-order valence-corrected chi connectivity index (χ1v) is 7.84. The van der Waals surface area contributed by atoms with E-state index in [1.165, 1.54) is 16.9 Å². The molecule has 0 aliphatic carbocycles. The highest BCUT2D eigenvalue weighted by Gasteiger charge is 2.17. The molecule has 4 aromatic heterocycles. The van der Waals surface area contributed by atoms with Crippen LogP contribution in [0.15, 0.2) is 41.2 Å². The first kappa shape index (κ1) is 15.8. The molecule has 0 aliphatic rings. The van der Waals surface area contributed by atoms with Crippen LogP contribution in [0.5, 0.6) is 0 Å². The lowest BCUT2D eigenvalue weighted by atomic mass is 10.1. The summed E-state index contributed by atoms with van der Waals surface area (Å²) >= 11 is 0. The summed E-state index contributed by atoms with van der Waals surface area (Å²) in [5.74, 6) is 0.624. The molecule has 4 aromatic rings. The van der Waals surface area contributed by atoms with Crippen LogP contribution < -0.4 is 11.1 Å². The van der Waals surface area contributed by atoms with Gasteiger partial charge in [0.2, 0.25) is 0 Å². The fourth-order valence-corrected chi connectivity index (χ4v) is 2.73. The Labute approximate surface area is 147 Å². The van der Waals surface area contributed by atoms with Crippen LogP contribution in [-0.2, 0) is 0 Å². The van der Waals surface area contributed by atoms with Crippen molar-refractivity contribution >= 4 is 23.1 Å². The standard InChI is InChI=1S/C17H15N7O2/c1-9-16(10(2)26-23-9)12-3-4-15-20-8-13(24(15)22-12)17(25)21-11-5-6-19-14(18)7-11/h3-8H,1-2H3,(H3,18,19,21,25). The molecule has 4 rings (SSSR count). The highest BCUT2D eigenvalue weighted by atomic mass is 16.5. The number of anilines is 2. The molecule has 9 heteroatoms. The maximum Gasteiger partial charge on any atom is 0.276 e. The SMILES string of the molecule is Cc1noc(C)c1-c1ccc2ncc(C(=O)Nc3ccnc(N)c3)n2n1. The number of nitrogens with zero attached hydrogens (tertiary/aromatic N) is 5. The fraction of sp³-hybridized carbons (Fsp3) is 0.118. The van der Waals surface area contributed by atoms with E-state index in [1.807, 2.05) is 19.9 Å². The molecule has 26 heavy (non-hydrogen) atoms. The number of nitrogens with two attached hydrogens (primary N) is 1. The number of fused-ring (bicyclic) bond motifs is 1. The average molecular weight is 349 g/mol. The molecule has 0 fully saturated rings. The van der Waals surface area contributed by atoms with Gasteiger partial charge in [-0.15, -0.1) is 0 Å². The molecule has 0 radical (unpaired) electrons. The second-order valence-corrected chi connectivity index (χ2v) is 5.75. The predicted octanol–water partition coefficient (Wildman–Crippen LogP) is 2.23. The molecule has 3 N–H and O–H groups in total. The van der Waals surface area contributed by atoms with Crippen molar-refractivity contribution in [3.05, 3.63) is 53.8 Å². The number of pyridine rings is 1. The number of aromatic nitrogens is 5. The molecule has 9 nitrogen and oxygen atoms in total. The third-order valence-electron chi connectivity index (χ3n) is 3.92. The second-order valence-electron chi connectivity index (χ2n) is 5.75. The molecule has 4 heterocycles. The van der Waals surface area contributed by atoms with Crippen molar-refractivity contribution in [3.63, 3.8) is 0 Å². The van der Waals surface area contributed by atoms with E-state index in [4.69, 9.17) is 10.3 Å². The van der Waals surface area contributed by atoms with Crippen LogP contribution in [-0.4, -0.2) is 30.6 Å². The number of hydrogen-bond donors (Lipinski definition) is 2. The molecule has 0 bridgehead atoms. The van der Waals surface area contributed by atoms with Crippen LogP contribution in [0.1, 0.15) is 21.9 Å². The highest BCUT2D eigenvalue weighted by molar-refractivity contribution is 6.03. The fourth-order valence-electron chi connectivity index (χ4n) is 2.73. The van der Waals surface area contributed by atoms with Gasteiger partial charge in [0.15, 0.2) is 11.3 Å². The third-order valence-corrected chi connectivity index (χ3v) is 3.92. The normalized spacial score (nSPS) is 11.0. The summed E-state index contributed by atoms with van der Waals surface area (Å²) in [6.45, 7) is 3.66. The van der Waals surface area contributed by atoms with Gasteiger partial charge >= 0.3 is 0 Å². The minimum Gasteiger partial charge on any atom is -0.384 e. The van der Waals surface area contributed by atoms with Gasteiger partial charge in [-0.05, 0) is 32.0 Å². The zero-order valence-corrected chi connectivity index (χ0v) is 14.1. The lowest BCUT2D eigenvalue weighted by Crippen LogP contribution is -2.15. The molecule has 1 amide bonds. The van der Waals surface area contributed by atoms with Crippen LogP contribution in [0.2, 0.25) is 0 Å². The number of imidazole rings is 1. The van der Waals surface area contributed by atoms with Crippen LogP contribution >= 0.6 is 0 Å². The number of hydrogen-bond acceptors (Lipinski definition) is 7. The number of amides is 1. The van der Waals surface area contributed by atoms with Crippen LogP contribution in [0.4, 0.5) is 11.5 Å². The molecule has 130 valence electrons. The summed E-state index contributed by atoms with van der Waals surface area (Å²) in [6, 6.07) is 6.83. The van der Waals surface area contributed by atoms with E-state index in [-0.39, 0.29) is 5.91 Å². The van der Waals surface area contributed by atoms with Gasteiger partial charge in [-0.2, -0.15) is 5.10 Å². The van der Waals surface area contributed by atoms with Crippen LogP contribution in [0.3, 0.4) is 0 Å². The Morgan fingerprint density at radius 3 is 2.81 bits per heavy atom. The highest BCUT2D eigenvalue weighted by Crippen LogP contribution is 2.25. The molecule has 0 aromatic carbocycles. The van der Waals surface area contributed by atoms with Crippen molar-refractivity contribution in [2.45, 2.75) is 13.8 Å². The van der Waals surface area contributed by atoms with E-state index in [9.17, 15) is 4.79 Å². The Kier molecular flexibility index (Phi) is 3.61. The number of nitrogen functional groups attached to an aromatic ring is 1. The Bertz CT molecular complexity index is 1110. The lowest BCUT2D eigenvalue weighted by Gasteiger charge is -2.06. The monoisotopic (exact) mass is 349 g/mol. The Morgan fingerprint density at radius 2 is 2.08 bits per heavy atom. The summed E-state index contributed by atoms with van der Waals surface area (Å²) in [4.78, 5) is 20.8. The second kappa shape index (κ2) is 5.96. The minimum atomic E-state index is -0.355. The van der Waals surface area contributed by atoms with E-state index in [2.05, 4.69) is 25.5 Å². The number of nitrogens with one attached hydrogen (secondary N) is 1. The Morgan fingerprint density at radius 1 is 1.23 bits per heavy atom. The zero-order valence-electron chi connectivity index (χ0n) is 14.1. The van der Waals surface area contributed by atoms with Gasteiger partial charge in [-0.3, -0.25) is 4.79 Å².